The lowest BCUT2D eigenvalue weighted by Crippen LogP contribution is -2.55. The highest BCUT2D eigenvalue weighted by Gasteiger charge is 2.29. The van der Waals surface area contributed by atoms with Crippen molar-refractivity contribution in [2.24, 2.45) is 0 Å². The zero-order chi connectivity index (χ0) is 21.8. The van der Waals surface area contributed by atoms with Crippen LogP contribution in [0.15, 0.2) is 28.8 Å². The highest BCUT2D eigenvalue weighted by atomic mass is 16.5. The van der Waals surface area contributed by atoms with Gasteiger partial charge in [0, 0.05) is 31.7 Å². The van der Waals surface area contributed by atoms with Crippen LogP contribution in [0.4, 0.5) is 0 Å². The molecule has 1 aromatic carbocycles. The Morgan fingerprint density at radius 1 is 1.10 bits per heavy atom. The number of aryl methyl sites for hydroxylation is 3. The Labute approximate surface area is 178 Å². The summed E-state index contributed by atoms with van der Waals surface area (Å²) in [6.07, 6.45) is 0.311. The van der Waals surface area contributed by atoms with Crippen molar-refractivity contribution >= 4 is 11.8 Å². The maximum atomic E-state index is 12.8. The molecule has 7 heteroatoms. The lowest BCUT2D eigenvalue weighted by Gasteiger charge is -2.37. The second kappa shape index (κ2) is 9.43. The molecule has 2 heterocycles. The van der Waals surface area contributed by atoms with E-state index in [1.54, 1.807) is 0 Å². The van der Waals surface area contributed by atoms with Crippen molar-refractivity contribution in [3.8, 4) is 0 Å². The molecule has 0 aliphatic carbocycles. The van der Waals surface area contributed by atoms with Crippen LogP contribution in [-0.4, -0.2) is 59.0 Å². The topological polar surface area (TPSA) is 78.7 Å². The Morgan fingerprint density at radius 3 is 2.37 bits per heavy atom. The first-order chi connectivity index (χ1) is 14.3. The zero-order valence-electron chi connectivity index (χ0n) is 18.6. The highest BCUT2D eigenvalue weighted by Crippen LogP contribution is 2.18. The van der Waals surface area contributed by atoms with Crippen molar-refractivity contribution in [3.63, 3.8) is 0 Å². The van der Waals surface area contributed by atoms with E-state index in [0.717, 1.165) is 16.8 Å². The van der Waals surface area contributed by atoms with Crippen LogP contribution in [0.5, 0.6) is 0 Å². The SMILES string of the molecule is Cc1ccccc1C(C)NC(=O)C(C)N1CCN(C(=O)Cc2c(C)noc2C)CC1. The fourth-order valence-electron chi connectivity index (χ4n) is 4.03. The van der Waals surface area contributed by atoms with Crippen molar-refractivity contribution in [3.05, 3.63) is 52.4 Å². The molecule has 0 saturated carbocycles. The first-order valence-corrected chi connectivity index (χ1v) is 10.6. The summed E-state index contributed by atoms with van der Waals surface area (Å²) in [4.78, 5) is 29.5. The summed E-state index contributed by atoms with van der Waals surface area (Å²) in [5, 5.41) is 7.05. The number of piperazine rings is 1. The molecule has 7 nitrogen and oxygen atoms in total. The van der Waals surface area contributed by atoms with E-state index in [0.29, 0.717) is 38.4 Å². The largest absolute Gasteiger partial charge is 0.361 e. The maximum Gasteiger partial charge on any atom is 0.237 e. The van der Waals surface area contributed by atoms with E-state index >= 15 is 0 Å². The fraction of sp³-hybridized carbons (Fsp3) is 0.522. The maximum absolute atomic E-state index is 12.8. The van der Waals surface area contributed by atoms with Gasteiger partial charge in [0.15, 0.2) is 0 Å². The van der Waals surface area contributed by atoms with Crippen molar-refractivity contribution in [1.82, 2.24) is 20.3 Å². The number of hydrogen-bond acceptors (Lipinski definition) is 5. The molecular weight excluding hydrogens is 380 g/mol. The van der Waals surface area contributed by atoms with E-state index in [-0.39, 0.29) is 23.9 Å². The van der Waals surface area contributed by atoms with Crippen LogP contribution < -0.4 is 5.32 Å². The Bertz CT molecular complexity index is 880. The predicted molar refractivity (Wildman–Crippen MR) is 115 cm³/mol. The van der Waals surface area contributed by atoms with Gasteiger partial charge in [-0.15, -0.1) is 0 Å². The van der Waals surface area contributed by atoms with E-state index in [1.165, 1.54) is 5.56 Å². The highest BCUT2D eigenvalue weighted by molar-refractivity contribution is 5.82. The van der Waals surface area contributed by atoms with Crippen LogP contribution in [0.2, 0.25) is 0 Å². The summed E-state index contributed by atoms with van der Waals surface area (Å²) < 4.78 is 5.16. The van der Waals surface area contributed by atoms with Crippen molar-refractivity contribution < 1.29 is 14.1 Å². The van der Waals surface area contributed by atoms with Crippen LogP contribution in [0.25, 0.3) is 0 Å². The van der Waals surface area contributed by atoms with Gasteiger partial charge in [0.1, 0.15) is 5.76 Å². The summed E-state index contributed by atoms with van der Waals surface area (Å²) in [7, 11) is 0. The molecule has 162 valence electrons. The van der Waals surface area contributed by atoms with Crippen molar-refractivity contribution in [2.45, 2.75) is 53.1 Å². The van der Waals surface area contributed by atoms with Crippen LogP contribution in [-0.2, 0) is 16.0 Å². The Kier molecular flexibility index (Phi) is 6.92. The number of carbonyl (C=O) groups excluding carboxylic acids is 2. The minimum absolute atomic E-state index is 0.0150. The van der Waals surface area contributed by atoms with Gasteiger partial charge < -0.3 is 14.7 Å². The molecule has 1 aromatic heterocycles. The van der Waals surface area contributed by atoms with Crippen molar-refractivity contribution in [1.29, 1.82) is 0 Å². The average Bonchev–Trinajstić information content (AvgIpc) is 3.05. The van der Waals surface area contributed by atoms with Crippen LogP contribution in [0, 0.1) is 20.8 Å². The molecule has 30 heavy (non-hydrogen) atoms. The van der Waals surface area contributed by atoms with E-state index < -0.39 is 0 Å². The van der Waals surface area contributed by atoms with E-state index in [2.05, 4.69) is 28.4 Å². The summed E-state index contributed by atoms with van der Waals surface area (Å²) in [5.74, 6) is 0.795. The van der Waals surface area contributed by atoms with Crippen LogP contribution in [0.3, 0.4) is 0 Å². The molecule has 2 unspecified atom stereocenters. The minimum Gasteiger partial charge on any atom is -0.361 e. The van der Waals surface area contributed by atoms with Gasteiger partial charge >= 0.3 is 0 Å². The van der Waals surface area contributed by atoms with Crippen molar-refractivity contribution in [2.75, 3.05) is 26.2 Å². The number of aromatic nitrogens is 1. The number of hydrogen-bond donors (Lipinski definition) is 1. The molecule has 1 aliphatic rings. The summed E-state index contributed by atoms with van der Waals surface area (Å²) in [5.41, 5.74) is 3.95. The number of nitrogens with zero attached hydrogens (tertiary/aromatic N) is 3. The minimum atomic E-state index is -0.240. The van der Waals surface area contributed by atoms with Gasteiger partial charge in [0.2, 0.25) is 11.8 Å². The van der Waals surface area contributed by atoms with Gasteiger partial charge in [0.25, 0.3) is 0 Å². The summed E-state index contributed by atoms with van der Waals surface area (Å²) in [6, 6.07) is 7.82. The molecule has 1 saturated heterocycles. The third-order valence-corrected chi connectivity index (χ3v) is 6.12. The Balaban J connectivity index is 1.51. The van der Waals surface area contributed by atoms with Gasteiger partial charge in [-0.25, -0.2) is 0 Å². The molecule has 2 aromatic rings. The first kappa shape index (κ1) is 22.0. The van der Waals surface area contributed by atoms with Gasteiger partial charge in [-0.2, -0.15) is 0 Å². The van der Waals surface area contributed by atoms with Gasteiger partial charge in [-0.3, -0.25) is 14.5 Å². The number of benzene rings is 1. The third-order valence-electron chi connectivity index (χ3n) is 6.12. The lowest BCUT2D eigenvalue weighted by atomic mass is 10.0. The summed E-state index contributed by atoms with van der Waals surface area (Å²) >= 11 is 0. The quantitative estimate of drug-likeness (QED) is 0.789. The van der Waals surface area contributed by atoms with Crippen LogP contribution in [0.1, 0.15) is 48.0 Å². The molecule has 0 radical (unpaired) electrons. The van der Waals surface area contributed by atoms with Gasteiger partial charge in [0.05, 0.1) is 24.2 Å². The molecular formula is C23H32N4O3. The molecule has 0 bridgehead atoms. The Morgan fingerprint density at radius 2 is 1.77 bits per heavy atom. The molecule has 2 atom stereocenters. The lowest BCUT2D eigenvalue weighted by molar-refractivity contribution is -0.133. The zero-order valence-corrected chi connectivity index (χ0v) is 18.6. The molecule has 1 fully saturated rings. The molecule has 3 rings (SSSR count). The molecule has 1 N–H and O–H groups in total. The molecule has 1 aliphatic heterocycles. The summed E-state index contributed by atoms with van der Waals surface area (Å²) in [6.45, 7) is 12.3. The number of amides is 2. The number of nitrogens with one attached hydrogen (secondary N) is 1. The normalized spacial score (nSPS) is 16.9. The smallest absolute Gasteiger partial charge is 0.237 e. The van der Waals surface area contributed by atoms with Gasteiger partial charge in [-0.05, 0) is 45.7 Å². The second-order valence-electron chi connectivity index (χ2n) is 8.16. The average molecular weight is 413 g/mol. The van der Waals surface area contributed by atoms with Gasteiger partial charge in [-0.1, -0.05) is 29.4 Å². The fourth-order valence-corrected chi connectivity index (χ4v) is 4.03. The van der Waals surface area contributed by atoms with E-state index in [4.69, 9.17) is 4.52 Å². The molecule has 2 amide bonds. The van der Waals surface area contributed by atoms with Crippen LogP contribution >= 0.6 is 0 Å². The predicted octanol–water partition coefficient (Wildman–Crippen LogP) is 2.55. The molecule has 0 spiro atoms. The first-order valence-electron chi connectivity index (χ1n) is 10.6. The van der Waals surface area contributed by atoms with E-state index in [1.807, 2.05) is 50.8 Å². The monoisotopic (exact) mass is 412 g/mol. The number of rotatable bonds is 6. The standard InChI is InChI=1S/C23H32N4O3/c1-15-8-6-7-9-20(15)16(2)24-23(29)18(4)26-10-12-27(13-11-26)22(28)14-21-17(3)25-30-19(21)5/h6-9,16,18H,10-14H2,1-5H3,(H,24,29). The van der Waals surface area contributed by atoms with E-state index in [9.17, 15) is 9.59 Å². The second-order valence-corrected chi connectivity index (χ2v) is 8.16. The Hall–Kier alpha value is -2.67. The number of carbonyl (C=O) groups is 2. The third kappa shape index (κ3) is 4.90.